The van der Waals surface area contributed by atoms with Crippen LogP contribution in [0.5, 0.6) is 0 Å². The Morgan fingerprint density at radius 2 is 2.25 bits per heavy atom. The van der Waals surface area contributed by atoms with Crippen LogP contribution in [0.4, 0.5) is 5.69 Å². The minimum atomic E-state index is 0.441. The van der Waals surface area contributed by atoms with Crippen molar-refractivity contribution in [3.05, 3.63) is 42.6 Å². The average molecular weight is 219 g/mol. The highest BCUT2D eigenvalue weighted by molar-refractivity contribution is 5.48. The first-order valence-electron chi connectivity index (χ1n) is 4.78. The lowest BCUT2D eigenvalue weighted by atomic mass is 10.2. The van der Waals surface area contributed by atoms with E-state index in [9.17, 15) is 0 Å². The van der Waals surface area contributed by atoms with Crippen molar-refractivity contribution < 1.29 is 4.84 Å². The molecule has 0 unspecified atom stereocenters. The first kappa shape index (κ1) is 13.9. The van der Waals surface area contributed by atoms with Gasteiger partial charge in [0.2, 0.25) is 0 Å². The number of oxime groups is 1. The molecule has 1 aromatic carbocycles. The van der Waals surface area contributed by atoms with Gasteiger partial charge >= 0.3 is 0 Å². The zero-order chi connectivity index (χ0) is 12.2. The second kappa shape index (κ2) is 9.45. The Labute approximate surface area is 96.1 Å². The van der Waals surface area contributed by atoms with Crippen molar-refractivity contribution in [2.45, 2.75) is 13.5 Å². The standard InChI is InChI=1S/C10H12N2O.C2H5N/c1-3-12-10-6-4-5-9(7-10)8-13-11-2;1-2-3/h3-7,12H,1-2,8H2;2-3H,1H3. The van der Waals surface area contributed by atoms with Gasteiger partial charge in [0, 0.05) is 12.4 Å². The van der Waals surface area contributed by atoms with E-state index in [-0.39, 0.29) is 0 Å². The molecule has 2 N–H and O–H groups in total. The van der Waals surface area contributed by atoms with Crippen molar-refractivity contribution in [3.63, 3.8) is 0 Å². The van der Waals surface area contributed by atoms with Crippen LogP contribution >= 0.6 is 0 Å². The number of nitrogens with one attached hydrogen (secondary N) is 2. The summed E-state index contributed by atoms with van der Waals surface area (Å²) in [5, 5.41) is 12.4. The normalized spacial score (nSPS) is 8.06. The molecule has 0 saturated carbocycles. The van der Waals surface area contributed by atoms with Crippen molar-refractivity contribution >= 4 is 18.6 Å². The summed E-state index contributed by atoms with van der Waals surface area (Å²) in [5.74, 6) is 0. The molecule has 0 amide bonds. The van der Waals surface area contributed by atoms with Crippen LogP contribution < -0.4 is 5.32 Å². The second-order valence-corrected chi connectivity index (χ2v) is 2.74. The van der Waals surface area contributed by atoms with E-state index in [1.54, 1.807) is 13.1 Å². The summed E-state index contributed by atoms with van der Waals surface area (Å²) < 4.78 is 0. The third-order valence-corrected chi connectivity index (χ3v) is 1.52. The van der Waals surface area contributed by atoms with Crippen molar-refractivity contribution in [1.29, 1.82) is 5.41 Å². The smallest absolute Gasteiger partial charge is 0.142 e. The van der Waals surface area contributed by atoms with Crippen LogP contribution in [0.3, 0.4) is 0 Å². The summed E-state index contributed by atoms with van der Waals surface area (Å²) in [6.07, 6.45) is 2.88. The average Bonchev–Trinajstić information content (AvgIpc) is 2.28. The van der Waals surface area contributed by atoms with Gasteiger partial charge in [0.1, 0.15) is 6.61 Å². The fourth-order valence-electron chi connectivity index (χ4n) is 0.989. The first-order valence-corrected chi connectivity index (χ1v) is 4.78. The van der Waals surface area contributed by atoms with Crippen molar-refractivity contribution in [3.8, 4) is 0 Å². The largest absolute Gasteiger partial charge is 0.391 e. The predicted molar refractivity (Wildman–Crippen MR) is 69.1 cm³/mol. The summed E-state index contributed by atoms with van der Waals surface area (Å²) in [7, 11) is 0. The molecule has 0 aliphatic rings. The maximum Gasteiger partial charge on any atom is 0.142 e. The van der Waals surface area contributed by atoms with Crippen LogP contribution in [0.1, 0.15) is 12.5 Å². The van der Waals surface area contributed by atoms with Gasteiger partial charge in [-0.3, -0.25) is 0 Å². The van der Waals surface area contributed by atoms with Crippen LogP contribution in [0, 0.1) is 5.41 Å². The van der Waals surface area contributed by atoms with Gasteiger partial charge in [0.05, 0.1) is 0 Å². The minimum absolute atomic E-state index is 0.441. The molecule has 0 aliphatic carbocycles. The maximum atomic E-state index is 6.08. The highest BCUT2D eigenvalue weighted by atomic mass is 16.6. The highest BCUT2D eigenvalue weighted by Crippen LogP contribution is 2.11. The molecule has 4 heteroatoms. The lowest BCUT2D eigenvalue weighted by molar-refractivity contribution is 0.133. The minimum Gasteiger partial charge on any atom is -0.391 e. The molecule has 0 radical (unpaired) electrons. The molecule has 4 nitrogen and oxygen atoms in total. The van der Waals surface area contributed by atoms with Crippen molar-refractivity contribution in [2.75, 3.05) is 5.32 Å². The van der Waals surface area contributed by atoms with Crippen LogP contribution in [-0.2, 0) is 11.4 Å². The van der Waals surface area contributed by atoms with E-state index in [4.69, 9.17) is 10.2 Å². The van der Waals surface area contributed by atoms with Crippen molar-refractivity contribution in [1.82, 2.24) is 0 Å². The van der Waals surface area contributed by atoms with Gasteiger partial charge < -0.3 is 15.6 Å². The van der Waals surface area contributed by atoms with Gasteiger partial charge in [0.25, 0.3) is 0 Å². The summed E-state index contributed by atoms with van der Waals surface area (Å²) in [6.45, 7) is 8.91. The van der Waals surface area contributed by atoms with Gasteiger partial charge in [-0.05, 0) is 37.0 Å². The first-order chi connectivity index (χ1) is 7.78. The number of hydrogen-bond donors (Lipinski definition) is 2. The van der Waals surface area contributed by atoms with E-state index in [1.165, 1.54) is 6.21 Å². The van der Waals surface area contributed by atoms with Crippen LogP contribution in [0.15, 0.2) is 42.2 Å². The molecular weight excluding hydrogens is 202 g/mol. The Hall–Kier alpha value is -2.10. The quantitative estimate of drug-likeness (QED) is 0.590. The lowest BCUT2D eigenvalue weighted by Gasteiger charge is -2.03. The van der Waals surface area contributed by atoms with E-state index in [2.05, 4.69) is 23.8 Å². The summed E-state index contributed by atoms with van der Waals surface area (Å²) in [4.78, 5) is 4.81. The van der Waals surface area contributed by atoms with Gasteiger partial charge in [-0.2, -0.15) is 0 Å². The third kappa shape index (κ3) is 6.37. The van der Waals surface area contributed by atoms with Gasteiger partial charge in [-0.1, -0.05) is 18.7 Å². The van der Waals surface area contributed by atoms with Crippen LogP contribution in [-0.4, -0.2) is 12.9 Å². The Kier molecular flexibility index (Phi) is 8.21. The Bertz CT molecular complexity index is 337. The molecule has 0 aliphatic heterocycles. The summed E-state index contributed by atoms with van der Waals surface area (Å²) >= 11 is 0. The molecule has 0 heterocycles. The molecule has 86 valence electrons. The number of benzene rings is 1. The molecular formula is C12H17N3O. The zero-order valence-electron chi connectivity index (χ0n) is 9.44. The lowest BCUT2D eigenvalue weighted by Crippen LogP contribution is -1.90. The molecule has 0 aromatic heterocycles. The molecule has 1 rings (SSSR count). The molecule has 0 saturated heterocycles. The molecule has 0 atom stereocenters. The molecule has 0 spiro atoms. The van der Waals surface area contributed by atoms with Crippen LogP contribution in [0.25, 0.3) is 0 Å². The number of rotatable bonds is 5. The monoisotopic (exact) mass is 219 g/mol. The highest BCUT2D eigenvalue weighted by Gasteiger charge is 1.93. The van der Waals surface area contributed by atoms with Crippen molar-refractivity contribution in [2.24, 2.45) is 5.16 Å². The Morgan fingerprint density at radius 3 is 2.81 bits per heavy atom. The molecule has 0 fully saturated rings. The van der Waals surface area contributed by atoms with Crippen LogP contribution in [0.2, 0.25) is 0 Å². The van der Waals surface area contributed by atoms with E-state index < -0.39 is 0 Å². The summed E-state index contributed by atoms with van der Waals surface area (Å²) in [6, 6.07) is 7.81. The maximum absolute atomic E-state index is 6.08. The Balaban J connectivity index is 0.000000673. The topological polar surface area (TPSA) is 57.5 Å². The second-order valence-electron chi connectivity index (χ2n) is 2.74. The van der Waals surface area contributed by atoms with E-state index in [0.717, 1.165) is 11.3 Å². The number of hydrogen-bond acceptors (Lipinski definition) is 4. The SMILES string of the molecule is C=CNc1cccc(CON=C)c1.CC=N. The van der Waals surface area contributed by atoms with E-state index in [0.29, 0.717) is 6.61 Å². The number of anilines is 1. The van der Waals surface area contributed by atoms with Gasteiger partial charge in [-0.25, -0.2) is 0 Å². The zero-order valence-corrected chi connectivity index (χ0v) is 9.44. The number of nitrogens with zero attached hydrogens (tertiary/aromatic N) is 1. The Morgan fingerprint density at radius 1 is 1.56 bits per heavy atom. The third-order valence-electron chi connectivity index (χ3n) is 1.52. The molecule has 16 heavy (non-hydrogen) atoms. The summed E-state index contributed by atoms with van der Waals surface area (Å²) in [5.41, 5.74) is 2.03. The molecule has 1 aromatic rings. The van der Waals surface area contributed by atoms with Gasteiger partial charge in [-0.15, -0.1) is 5.16 Å². The fourth-order valence-corrected chi connectivity index (χ4v) is 0.989. The predicted octanol–water partition coefficient (Wildman–Crippen LogP) is 3.03. The van der Waals surface area contributed by atoms with E-state index >= 15 is 0 Å². The van der Waals surface area contributed by atoms with E-state index in [1.807, 2.05) is 24.3 Å². The molecule has 0 bridgehead atoms. The fraction of sp³-hybridized carbons (Fsp3) is 0.167. The van der Waals surface area contributed by atoms with Gasteiger partial charge in [0.15, 0.2) is 0 Å².